The van der Waals surface area contributed by atoms with E-state index in [0.717, 1.165) is 139 Å². The van der Waals surface area contributed by atoms with Gasteiger partial charge in [0, 0.05) is 27.8 Å². The van der Waals surface area contributed by atoms with E-state index >= 15 is 0 Å². The number of unbranched alkanes of at least 4 members (excludes halogenated alkanes) is 3. The highest BCUT2D eigenvalue weighted by atomic mass is 16.5. The number of methoxy groups -OCH3 is 3. The third-order valence-corrected chi connectivity index (χ3v) is 11.0. The van der Waals surface area contributed by atoms with Crippen molar-refractivity contribution in [3.8, 4) is 45.6 Å². The zero-order valence-electron chi connectivity index (χ0n) is 37.8. The highest BCUT2D eigenvalue weighted by molar-refractivity contribution is 5.85. The molecule has 6 nitrogen and oxygen atoms in total. The lowest BCUT2D eigenvalue weighted by Crippen LogP contribution is -2.16. The summed E-state index contributed by atoms with van der Waals surface area (Å²) in [6, 6.07) is 23.0. The Balaban J connectivity index is 1.91. The second-order valence-electron chi connectivity index (χ2n) is 15.5. The molecule has 4 aromatic rings. The van der Waals surface area contributed by atoms with Gasteiger partial charge in [-0.2, -0.15) is 0 Å². The number of ether oxygens (including phenoxy) is 6. The Morgan fingerprint density at radius 1 is 0.441 bits per heavy atom. The molecule has 3 unspecified atom stereocenters. The summed E-state index contributed by atoms with van der Waals surface area (Å²) in [7, 11) is 5.14. The van der Waals surface area contributed by atoms with E-state index in [1.807, 2.05) is 18.2 Å². The SMILES string of the molecule is CCCCC(CC)Oc1ccc(OC)cc1/C=C/c1cc(OC(CC)CCCC)c(-c2cc(OC(CC)CCCC)c(/C=C/c3ccc(C)cc3)cc2OC)cc1OC. The second-order valence-corrected chi connectivity index (χ2v) is 15.5. The highest BCUT2D eigenvalue weighted by Gasteiger charge is 2.22. The molecular formula is C53H72O6. The van der Waals surface area contributed by atoms with Crippen molar-refractivity contribution in [2.75, 3.05) is 21.3 Å². The van der Waals surface area contributed by atoms with Gasteiger partial charge in [0.15, 0.2) is 0 Å². The van der Waals surface area contributed by atoms with Crippen molar-refractivity contribution in [2.24, 2.45) is 0 Å². The second kappa shape index (κ2) is 24.9. The maximum atomic E-state index is 7.00. The first-order chi connectivity index (χ1) is 28.7. The van der Waals surface area contributed by atoms with E-state index in [4.69, 9.17) is 28.4 Å². The van der Waals surface area contributed by atoms with Crippen LogP contribution in [0.5, 0.6) is 34.5 Å². The van der Waals surface area contributed by atoms with Gasteiger partial charge in [0.25, 0.3) is 0 Å². The third kappa shape index (κ3) is 13.9. The Hall–Kier alpha value is -4.84. The summed E-state index contributed by atoms with van der Waals surface area (Å²) >= 11 is 0. The summed E-state index contributed by atoms with van der Waals surface area (Å²) in [6.45, 7) is 15.4. The molecule has 0 amide bonds. The van der Waals surface area contributed by atoms with Crippen molar-refractivity contribution in [3.63, 3.8) is 0 Å². The minimum absolute atomic E-state index is 0.0448. The third-order valence-electron chi connectivity index (χ3n) is 11.0. The lowest BCUT2D eigenvalue weighted by molar-refractivity contribution is 0.182. The molecule has 0 saturated heterocycles. The molecule has 0 N–H and O–H groups in total. The van der Waals surface area contributed by atoms with Crippen molar-refractivity contribution < 1.29 is 28.4 Å². The van der Waals surface area contributed by atoms with Gasteiger partial charge in [0.2, 0.25) is 0 Å². The molecule has 6 heteroatoms. The Morgan fingerprint density at radius 3 is 1.42 bits per heavy atom. The van der Waals surface area contributed by atoms with Crippen LogP contribution in [0.25, 0.3) is 35.4 Å². The van der Waals surface area contributed by atoms with Crippen LogP contribution in [0.2, 0.25) is 0 Å². The van der Waals surface area contributed by atoms with E-state index < -0.39 is 0 Å². The number of rotatable bonds is 26. The van der Waals surface area contributed by atoms with Crippen molar-refractivity contribution in [3.05, 3.63) is 94.5 Å². The van der Waals surface area contributed by atoms with Crippen LogP contribution in [0, 0.1) is 6.92 Å². The van der Waals surface area contributed by atoms with Crippen LogP contribution in [0.15, 0.2) is 66.7 Å². The number of benzene rings is 4. The molecule has 59 heavy (non-hydrogen) atoms. The van der Waals surface area contributed by atoms with E-state index in [9.17, 15) is 0 Å². The summed E-state index contributed by atoms with van der Waals surface area (Å²) in [4.78, 5) is 0. The highest BCUT2D eigenvalue weighted by Crippen LogP contribution is 2.45. The van der Waals surface area contributed by atoms with Gasteiger partial charge >= 0.3 is 0 Å². The first kappa shape index (κ1) is 46.8. The molecule has 4 rings (SSSR count). The molecule has 3 atom stereocenters. The van der Waals surface area contributed by atoms with Gasteiger partial charge in [-0.15, -0.1) is 0 Å². The predicted molar refractivity (Wildman–Crippen MR) is 250 cm³/mol. The van der Waals surface area contributed by atoms with Crippen LogP contribution in [-0.4, -0.2) is 39.6 Å². The van der Waals surface area contributed by atoms with Gasteiger partial charge < -0.3 is 28.4 Å². The number of aryl methyl sites for hydroxylation is 1. The van der Waals surface area contributed by atoms with Crippen LogP contribution in [0.4, 0.5) is 0 Å². The quantitative estimate of drug-likeness (QED) is 0.0589. The maximum Gasteiger partial charge on any atom is 0.128 e. The van der Waals surface area contributed by atoms with E-state index in [2.05, 4.69) is 121 Å². The van der Waals surface area contributed by atoms with Gasteiger partial charge in [-0.05, 0) is 93.5 Å². The predicted octanol–water partition coefficient (Wildman–Crippen LogP) is 15.1. The van der Waals surface area contributed by atoms with E-state index in [1.54, 1.807) is 21.3 Å². The monoisotopic (exact) mass is 805 g/mol. The molecule has 0 heterocycles. The minimum atomic E-state index is 0.0448. The van der Waals surface area contributed by atoms with Gasteiger partial charge in [-0.25, -0.2) is 0 Å². The maximum absolute atomic E-state index is 7.00. The molecule has 320 valence electrons. The Labute approximate surface area is 356 Å². The molecule has 4 aromatic carbocycles. The minimum Gasteiger partial charge on any atom is -0.497 e. The van der Waals surface area contributed by atoms with E-state index in [1.165, 1.54) is 5.56 Å². The van der Waals surface area contributed by atoms with Crippen molar-refractivity contribution in [2.45, 2.75) is 144 Å². The molecule has 0 radical (unpaired) electrons. The molecule has 0 aliphatic carbocycles. The number of hydrogen-bond donors (Lipinski definition) is 0. The summed E-state index contributed by atoms with van der Waals surface area (Å²) in [5, 5.41) is 0. The van der Waals surface area contributed by atoms with Crippen molar-refractivity contribution in [1.82, 2.24) is 0 Å². The fourth-order valence-electron chi connectivity index (χ4n) is 7.19. The molecule has 0 aromatic heterocycles. The molecule has 0 aliphatic rings. The molecule has 0 saturated carbocycles. The molecule has 0 spiro atoms. The average Bonchev–Trinajstić information content (AvgIpc) is 3.27. The summed E-state index contributed by atoms with van der Waals surface area (Å²) in [5.41, 5.74) is 6.92. The fourth-order valence-corrected chi connectivity index (χ4v) is 7.19. The Morgan fingerprint density at radius 2 is 0.898 bits per heavy atom. The van der Waals surface area contributed by atoms with E-state index in [-0.39, 0.29) is 18.3 Å². The standard InChI is InChI=1S/C53H72O6/c1-11-17-20-43(14-4)57-49-32-31-46(54-8)33-40(49)29-30-41-35-53(59-45(16-6)22-19-13-3)48(36-50(41)55-9)47-37-51(58-44(15-5)21-18-12-2)42(34-52(47)56-10)28-27-39-25-23-38(7)24-26-39/h23-37,43-45H,11-22H2,1-10H3/b28-27+,30-29+. The van der Waals surface area contributed by atoms with Crippen molar-refractivity contribution in [1.29, 1.82) is 0 Å². The van der Waals surface area contributed by atoms with Crippen LogP contribution in [-0.2, 0) is 0 Å². The van der Waals surface area contributed by atoms with Crippen LogP contribution >= 0.6 is 0 Å². The Bertz CT molecular complexity index is 1910. The van der Waals surface area contributed by atoms with Gasteiger partial charge in [0.1, 0.15) is 34.5 Å². The van der Waals surface area contributed by atoms with Gasteiger partial charge in [-0.3, -0.25) is 0 Å². The summed E-state index contributed by atoms with van der Waals surface area (Å²) in [5.74, 6) is 4.63. The molecule has 0 fully saturated rings. The number of hydrogen-bond acceptors (Lipinski definition) is 6. The zero-order chi connectivity index (χ0) is 42.6. The topological polar surface area (TPSA) is 55.4 Å². The fraction of sp³-hybridized carbons (Fsp3) is 0.472. The summed E-state index contributed by atoms with van der Waals surface area (Å²) < 4.78 is 38.5. The van der Waals surface area contributed by atoms with Gasteiger partial charge in [-0.1, -0.05) is 134 Å². The Kier molecular flexibility index (Phi) is 19.8. The molecular weight excluding hydrogens is 733 g/mol. The smallest absolute Gasteiger partial charge is 0.128 e. The summed E-state index contributed by atoms with van der Waals surface area (Å²) in [6.07, 6.45) is 21.1. The van der Waals surface area contributed by atoms with Crippen LogP contribution < -0.4 is 28.4 Å². The average molecular weight is 805 g/mol. The largest absolute Gasteiger partial charge is 0.497 e. The van der Waals surface area contributed by atoms with Crippen LogP contribution in [0.3, 0.4) is 0 Å². The molecule has 0 aliphatic heterocycles. The zero-order valence-corrected chi connectivity index (χ0v) is 37.8. The molecule has 0 bridgehead atoms. The first-order valence-electron chi connectivity index (χ1n) is 22.3. The lowest BCUT2D eigenvalue weighted by atomic mass is 9.97. The van der Waals surface area contributed by atoms with Gasteiger partial charge in [0.05, 0.1) is 39.6 Å². The van der Waals surface area contributed by atoms with E-state index in [0.29, 0.717) is 5.75 Å². The lowest BCUT2D eigenvalue weighted by Gasteiger charge is -2.24. The normalized spacial score (nSPS) is 13.1. The van der Waals surface area contributed by atoms with Crippen LogP contribution in [0.1, 0.15) is 146 Å². The van der Waals surface area contributed by atoms with Crippen molar-refractivity contribution >= 4 is 24.3 Å². The first-order valence-corrected chi connectivity index (χ1v) is 22.3.